The summed E-state index contributed by atoms with van der Waals surface area (Å²) in [4.78, 5) is 4.08. The first-order chi connectivity index (χ1) is 10.1. The molecular weight excluding hydrogens is 333 g/mol. The van der Waals surface area contributed by atoms with Crippen LogP contribution in [0.4, 0.5) is 4.39 Å². The molecule has 1 aliphatic heterocycles. The lowest BCUT2D eigenvalue weighted by atomic mass is 9.94. The maximum atomic E-state index is 13.5. The molecule has 0 bridgehead atoms. The molecule has 0 aliphatic carbocycles. The topological polar surface area (TPSA) is 21.6 Å². The summed E-state index contributed by atoms with van der Waals surface area (Å²) < 4.78 is 20.2. The second-order valence-corrected chi connectivity index (χ2v) is 5.54. The number of nitrogens with zero attached hydrogens (tertiary/aromatic N) is 1. The third-order valence-electron chi connectivity index (χ3n) is 3.26. The van der Waals surface area contributed by atoms with Gasteiger partial charge in [-0.3, -0.25) is 4.99 Å². The number of ether oxygens (including phenoxy) is 1. The first-order valence-corrected chi connectivity index (χ1v) is 7.56. The van der Waals surface area contributed by atoms with E-state index in [1.54, 1.807) is 6.07 Å². The fourth-order valence-corrected chi connectivity index (χ4v) is 2.71. The lowest BCUT2D eigenvalue weighted by Gasteiger charge is -2.13. The molecule has 0 saturated heterocycles. The Morgan fingerprint density at radius 1 is 1.52 bits per heavy atom. The molecule has 21 heavy (non-hydrogen) atoms. The molecule has 1 aromatic carbocycles. The number of aliphatic imine (C=N–C) groups is 1. The number of rotatable bonds is 3. The fourth-order valence-electron chi connectivity index (χ4n) is 2.28. The van der Waals surface area contributed by atoms with Crippen LogP contribution in [-0.4, -0.2) is 13.3 Å². The van der Waals surface area contributed by atoms with Crippen molar-refractivity contribution < 1.29 is 9.13 Å². The quantitative estimate of drug-likeness (QED) is 0.681. The number of fused-ring (bicyclic) bond motifs is 1. The number of hydrogen-bond acceptors (Lipinski definition) is 2. The second-order valence-electron chi connectivity index (χ2n) is 4.58. The average Bonchev–Trinajstić information content (AvgIpc) is 2.63. The van der Waals surface area contributed by atoms with Crippen LogP contribution in [0.5, 0.6) is 5.75 Å². The Morgan fingerprint density at radius 3 is 2.90 bits per heavy atom. The van der Waals surface area contributed by atoms with Gasteiger partial charge < -0.3 is 4.74 Å². The van der Waals surface area contributed by atoms with Gasteiger partial charge >= 0.3 is 0 Å². The zero-order valence-corrected chi connectivity index (χ0v) is 13.7. The molecular formula is C17H17BrFNO. The van der Waals surface area contributed by atoms with Crippen LogP contribution in [0.1, 0.15) is 25.8 Å². The van der Waals surface area contributed by atoms with Crippen molar-refractivity contribution in [2.75, 3.05) is 6.61 Å². The highest BCUT2D eigenvalue weighted by atomic mass is 79.9. The highest BCUT2D eigenvalue weighted by Crippen LogP contribution is 2.41. The predicted molar refractivity (Wildman–Crippen MR) is 89.4 cm³/mol. The number of benzene rings is 1. The van der Waals surface area contributed by atoms with Crippen LogP contribution in [0.2, 0.25) is 0 Å². The Morgan fingerprint density at radius 2 is 2.29 bits per heavy atom. The Bertz CT molecular complexity index is 659. The molecule has 2 rings (SSSR count). The van der Waals surface area contributed by atoms with Gasteiger partial charge in [0, 0.05) is 27.3 Å². The van der Waals surface area contributed by atoms with Crippen molar-refractivity contribution in [1.29, 1.82) is 0 Å². The van der Waals surface area contributed by atoms with E-state index in [-0.39, 0.29) is 12.4 Å². The van der Waals surface area contributed by atoms with E-state index < -0.39 is 0 Å². The molecule has 110 valence electrons. The molecule has 4 heteroatoms. The van der Waals surface area contributed by atoms with E-state index in [4.69, 9.17) is 4.74 Å². The SMILES string of the molecule is C=NC1=C(/C=C\C)/C(=C(/Br)CC)c2ccc(F)cc2OC1. The Hall–Kier alpha value is -1.68. The molecule has 0 spiro atoms. The van der Waals surface area contributed by atoms with E-state index >= 15 is 0 Å². The van der Waals surface area contributed by atoms with Crippen LogP contribution >= 0.6 is 15.9 Å². The highest BCUT2D eigenvalue weighted by molar-refractivity contribution is 9.11. The molecule has 0 radical (unpaired) electrons. The standard InChI is InChI=1S/C17H17BrFNO/c1-4-6-12-15(20-3)10-21-16-9-11(19)7-8-13(16)17(12)14(18)5-2/h4,6-9H,3,5,10H2,1-2H3/b6-4-,17-14-. The summed E-state index contributed by atoms with van der Waals surface area (Å²) in [6, 6.07) is 4.59. The highest BCUT2D eigenvalue weighted by Gasteiger charge is 2.22. The third kappa shape index (κ3) is 3.16. The van der Waals surface area contributed by atoms with Crippen LogP contribution in [0.15, 0.2) is 51.1 Å². The third-order valence-corrected chi connectivity index (χ3v) is 4.22. The number of hydrogen-bond donors (Lipinski definition) is 0. The van der Waals surface area contributed by atoms with E-state index in [2.05, 4.69) is 34.6 Å². The molecule has 1 heterocycles. The summed E-state index contributed by atoms with van der Waals surface area (Å²) in [6.07, 6.45) is 4.75. The van der Waals surface area contributed by atoms with Crippen molar-refractivity contribution in [3.05, 3.63) is 57.5 Å². The van der Waals surface area contributed by atoms with Crippen molar-refractivity contribution in [3.63, 3.8) is 0 Å². The van der Waals surface area contributed by atoms with Gasteiger partial charge in [0.15, 0.2) is 0 Å². The monoisotopic (exact) mass is 349 g/mol. The van der Waals surface area contributed by atoms with Crippen molar-refractivity contribution in [2.45, 2.75) is 20.3 Å². The number of allylic oxidation sites excluding steroid dienone is 5. The van der Waals surface area contributed by atoms with E-state index in [9.17, 15) is 4.39 Å². The van der Waals surface area contributed by atoms with E-state index in [1.165, 1.54) is 12.1 Å². The van der Waals surface area contributed by atoms with Gasteiger partial charge in [-0.2, -0.15) is 0 Å². The summed E-state index contributed by atoms with van der Waals surface area (Å²) in [5.41, 5.74) is 3.53. The van der Waals surface area contributed by atoms with Crippen LogP contribution in [-0.2, 0) is 0 Å². The Balaban J connectivity index is 2.79. The second kappa shape index (κ2) is 6.85. The van der Waals surface area contributed by atoms with Gasteiger partial charge in [0.05, 0.1) is 5.70 Å². The molecule has 1 aromatic rings. The summed E-state index contributed by atoms with van der Waals surface area (Å²) in [6.45, 7) is 7.90. The molecule has 0 fully saturated rings. The Kier molecular flexibility index (Phi) is 5.12. The van der Waals surface area contributed by atoms with Crippen molar-refractivity contribution in [1.82, 2.24) is 0 Å². The number of halogens is 2. The molecule has 0 aromatic heterocycles. The zero-order chi connectivity index (χ0) is 15.4. The minimum atomic E-state index is -0.316. The largest absolute Gasteiger partial charge is 0.487 e. The van der Waals surface area contributed by atoms with Crippen molar-refractivity contribution in [2.24, 2.45) is 4.99 Å². The lowest BCUT2D eigenvalue weighted by Crippen LogP contribution is -1.99. The normalized spacial score (nSPS) is 17.3. The van der Waals surface area contributed by atoms with E-state index in [1.807, 2.05) is 19.1 Å². The first kappa shape index (κ1) is 15.7. The van der Waals surface area contributed by atoms with E-state index in [0.29, 0.717) is 5.75 Å². The van der Waals surface area contributed by atoms with Gasteiger partial charge in [0.1, 0.15) is 18.2 Å². The smallest absolute Gasteiger partial charge is 0.131 e. The van der Waals surface area contributed by atoms with Gasteiger partial charge in [-0.05, 0) is 32.2 Å². The summed E-state index contributed by atoms with van der Waals surface area (Å²) in [7, 11) is 0. The van der Waals surface area contributed by atoms with Crippen molar-refractivity contribution >= 4 is 28.2 Å². The molecule has 0 unspecified atom stereocenters. The van der Waals surface area contributed by atoms with Crippen LogP contribution < -0.4 is 4.74 Å². The molecule has 2 nitrogen and oxygen atoms in total. The minimum Gasteiger partial charge on any atom is -0.487 e. The molecule has 0 amide bonds. The summed E-state index contributed by atoms with van der Waals surface area (Å²) in [5.74, 6) is 0.208. The fraction of sp³-hybridized carbons (Fsp3) is 0.235. The van der Waals surface area contributed by atoms with Gasteiger partial charge in [-0.15, -0.1) is 0 Å². The molecule has 1 aliphatic rings. The van der Waals surface area contributed by atoms with E-state index in [0.717, 1.165) is 33.3 Å². The van der Waals surface area contributed by atoms with Gasteiger partial charge in [-0.25, -0.2) is 4.39 Å². The molecule has 0 saturated carbocycles. The minimum absolute atomic E-state index is 0.271. The van der Waals surface area contributed by atoms with Gasteiger partial charge in [0.2, 0.25) is 0 Å². The maximum Gasteiger partial charge on any atom is 0.131 e. The van der Waals surface area contributed by atoms with Crippen molar-refractivity contribution in [3.8, 4) is 5.75 Å². The predicted octanol–water partition coefficient (Wildman–Crippen LogP) is 5.26. The average molecular weight is 350 g/mol. The Labute approximate surface area is 132 Å². The molecule has 0 N–H and O–H groups in total. The first-order valence-electron chi connectivity index (χ1n) is 6.76. The van der Waals surface area contributed by atoms with Crippen LogP contribution in [0.25, 0.3) is 5.57 Å². The summed E-state index contributed by atoms with van der Waals surface area (Å²) >= 11 is 3.63. The van der Waals surface area contributed by atoms with Crippen LogP contribution in [0, 0.1) is 5.82 Å². The van der Waals surface area contributed by atoms with Gasteiger partial charge in [-0.1, -0.05) is 35.0 Å². The lowest BCUT2D eigenvalue weighted by molar-refractivity contribution is 0.349. The molecule has 0 atom stereocenters. The summed E-state index contributed by atoms with van der Waals surface area (Å²) in [5, 5.41) is 0. The zero-order valence-electron chi connectivity index (χ0n) is 12.1. The maximum absolute atomic E-state index is 13.5. The van der Waals surface area contributed by atoms with Crippen LogP contribution in [0.3, 0.4) is 0 Å². The van der Waals surface area contributed by atoms with Gasteiger partial charge in [0.25, 0.3) is 0 Å².